The molecule has 0 saturated carbocycles. The molecular formula is C21H25N5O2. The van der Waals surface area contributed by atoms with E-state index < -0.39 is 0 Å². The third kappa shape index (κ3) is 3.75. The Bertz CT molecular complexity index is 941. The number of benzene rings is 1. The number of hydrogen-bond acceptors (Lipinski definition) is 7. The molecule has 0 spiro atoms. The summed E-state index contributed by atoms with van der Waals surface area (Å²) in [5.41, 5.74) is 4.46. The summed E-state index contributed by atoms with van der Waals surface area (Å²) in [5, 5.41) is 4.21. The van der Waals surface area contributed by atoms with Crippen LogP contribution < -0.4 is 4.74 Å². The van der Waals surface area contributed by atoms with E-state index in [1.165, 1.54) is 16.7 Å². The van der Waals surface area contributed by atoms with Crippen molar-refractivity contribution in [3.05, 3.63) is 53.2 Å². The molecule has 0 bridgehead atoms. The molecule has 0 N–H and O–H groups in total. The van der Waals surface area contributed by atoms with E-state index in [0.29, 0.717) is 11.6 Å². The molecule has 0 amide bonds. The van der Waals surface area contributed by atoms with Gasteiger partial charge in [-0.1, -0.05) is 11.2 Å². The van der Waals surface area contributed by atoms with Gasteiger partial charge in [0.25, 0.3) is 5.89 Å². The number of hydrogen-bond donors (Lipinski definition) is 0. The third-order valence-corrected chi connectivity index (χ3v) is 5.56. The second kappa shape index (κ2) is 8.06. The standard InChI is InChI=1S/C21H25N5O2/c1-14-15(2)19(27-3)7-6-16(14)12-26-10-4-5-17(13-26)20-24-21(28-25-20)18-11-22-8-9-23-18/h6-9,11,17H,4-5,10,12-13H2,1-3H3. The first kappa shape index (κ1) is 18.6. The first-order chi connectivity index (χ1) is 13.7. The molecule has 3 heterocycles. The zero-order valence-electron chi connectivity index (χ0n) is 16.6. The maximum atomic E-state index is 5.43. The lowest BCUT2D eigenvalue weighted by Gasteiger charge is -2.31. The Morgan fingerprint density at radius 2 is 2.11 bits per heavy atom. The molecular weight excluding hydrogens is 354 g/mol. The number of piperidine rings is 1. The van der Waals surface area contributed by atoms with Crippen LogP contribution in [-0.2, 0) is 6.54 Å². The molecule has 4 rings (SSSR count). The monoisotopic (exact) mass is 379 g/mol. The molecule has 1 aliphatic heterocycles. The number of nitrogens with zero attached hydrogens (tertiary/aromatic N) is 5. The predicted octanol–water partition coefficient (Wildman–Crippen LogP) is 3.53. The van der Waals surface area contributed by atoms with Crippen LogP contribution in [0.3, 0.4) is 0 Å². The average molecular weight is 379 g/mol. The highest BCUT2D eigenvalue weighted by Gasteiger charge is 2.26. The molecule has 7 nitrogen and oxygen atoms in total. The van der Waals surface area contributed by atoms with Crippen LogP contribution in [0.25, 0.3) is 11.6 Å². The fraction of sp³-hybridized carbons (Fsp3) is 0.429. The van der Waals surface area contributed by atoms with Crippen LogP contribution >= 0.6 is 0 Å². The SMILES string of the molecule is COc1ccc(CN2CCCC(c3noc(-c4cnccn4)n3)C2)c(C)c1C. The molecule has 1 saturated heterocycles. The van der Waals surface area contributed by atoms with Crippen molar-refractivity contribution in [2.45, 2.75) is 39.2 Å². The molecule has 0 aliphatic carbocycles. The van der Waals surface area contributed by atoms with Crippen LogP contribution in [0.15, 0.2) is 35.2 Å². The smallest absolute Gasteiger partial charge is 0.278 e. The molecule has 146 valence electrons. The Hall–Kier alpha value is -2.80. The van der Waals surface area contributed by atoms with Crippen molar-refractivity contribution < 1.29 is 9.26 Å². The van der Waals surface area contributed by atoms with Crippen LogP contribution in [-0.4, -0.2) is 45.2 Å². The highest BCUT2D eigenvalue weighted by Crippen LogP contribution is 2.29. The molecule has 1 aliphatic rings. The van der Waals surface area contributed by atoms with Gasteiger partial charge in [-0.15, -0.1) is 0 Å². The highest BCUT2D eigenvalue weighted by molar-refractivity contribution is 5.44. The van der Waals surface area contributed by atoms with E-state index in [2.05, 4.69) is 51.0 Å². The molecule has 0 radical (unpaired) electrons. The van der Waals surface area contributed by atoms with Crippen molar-refractivity contribution in [1.82, 2.24) is 25.0 Å². The first-order valence-electron chi connectivity index (χ1n) is 9.61. The van der Waals surface area contributed by atoms with Gasteiger partial charge < -0.3 is 9.26 Å². The predicted molar refractivity (Wildman–Crippen MR) is 105 cm³/mol. The van der Waals surface area contributed by atoms with Crippen molar-refractivity contribution in [2.75, 3.05) is 20.2 Å². The molecule has 1 aromatic carbocycles. The van der Waals surface area contributed by atoms with E-state index in [-0.39, 0.29) is 5.92 Å². The quantitative estimate of drug-likeness (QED) is 0.671. The second-order valence-corrected chi connectivity index (χ2v) is 7.30. The molecule has 3 aromatic rings. The third-order valence-electron chi connectivity index (χ3n) is 5.56. The van der Waals surface area contributed by atoms with Gasteiger partial charge in [0.1, 0.15) is 11.4 Å². The van der Waals surface area contributed by atoms with E-state index in [4.69, 9.17) is 9.26 Å². The summed E-state index contributed by atoms with van der Waals surface area (Å²) in [5.74, 6) is 2.40. The summed E-state index contributed by atoms with van der Waals surface area (Å²) in [6.45, 7) is 7.20. The minimum Gasteiger partial charge on any atom is -0.496 e. The Labute approximate surface area is 164 Å². The van der Waals surface area contributed by atoms with Crippen LogP contribution in [0.2, 0.25) is 0 Å². The molecule has 1 fully saturated rings. The van der Waals surface area contributed by atoms with Crippen LogP contribution in [0, 0.1) is 13.8 Å². The lowest BCUT2D eigenvalue weighted by Crippen LogP contribution is -2.34. The van der Waals surface area contributed by atoms with Crippen LogP contribution in [0.5, 0.6) is 5.75 Å². The van der Waals surface area contributed by atoms with Crippen molar-refractivity contribution in [3.8, 4) is 17.3 Å². The molecule has 2 aromatic heterocycles. The lowest BCUT2D eigenvalue weighted by atomic mass is 9.95. The Morgan fingerprint density at radius 3 is 2.89 bits per heavy atom. The number of ether oxygens (including phenoxy) is 1. The zero-order valence-corrected chi connectivity index (χ0v) is 16.6. The fourth-order valence-electron chi connectivity index (χ4n) is 3.81. The number of likely N-dealkylation sites (tertiary alicyclic amines) is 1. The zero-order chi connectivity index (χ0) is 19.5. The van der Waals surface area contributed by atoms with Gasteiger partial charge in [0.2, 0.25) is 0 Å². The average Bonchev–Trinajstić information content (AvgIpc) is 3.23. The van der Waals surface area contributed by atoms with Crippen molar-refractivity contribution in [3.63, 3.8) is 0 Å². The van der Waals surface area contributed by atoms with Gasteiger partial charge in [0.15, 0.2) is 5.82 Å². The van der Waals surface area contributed by atoms with Gasteiger partial charge in [0.05, 0.1) is 13.3 Å². The van der Waals surface area contributed by atoms with Gasteiger partial charge in [0, 0.05) is 31.4 Å². The van der Waals surface area contributed by atoms with E-state index in [1.54, 1.807) is 25.7 Å². The molecule has 28 heavy (non-hydrogen) atoms. The topological polar surface area (TPSA) is 77.2 Å². The second-order valence-electron chi connectivity index (χ2n) is 7.30. The lowest BCUT2D eigenvalue weighted by molar-refractivity contribution is 0.194. The summed E-state index contributed by atoms with van der Waals surface area (Å²) in [6.07, 6.45) is 7.08. The maximum Gasteiger partial charge on any atom is 0.278 e. The molecule has 1 unspecified atom stereocenters. The van der Waals surface area contributed by atoms with Gasteiger partial charge in [-0.2, -0.15) is 4.98 Å². The van der Waals surface area contributed by atoms with Crippen molar-refractivity contribution >= 4 is 0 Å². The Balaban J connectivity index is 1.47. The summed E-state index contributed by atoms with van der Waals surface area (Å²) >= 11 is 0. The van der Waals surface area contributed by atoms with Crippen LogP contribution in [0.4, 0.5) is 0 Å². The van der Waals surface area contributed by atoms with E-state index in [1.807, 2.05) is 0 Å². The van der Waals surface area contributed by atoms with Gasteiger partial charge >= 0.3 is 0 Å². The van der Waals surface area contributed by atoms with Gasteiger partial charge in [-0.05, 0) is 56.0 Å². The van der Waals surface area contributed by atoms with E-state index in [0.717, 1.165) is 44.0 Å². The van der Waals surface area contributed by atoms with E-state index in [9.17, 15) is 0 Å². The molecule has 7 heteroatoms. The number of methoxy groups -OCH3 is 1. The summed E-state index contributed by atoms with van der Waals surface area (Å²) < 4.78 is 10.9. The largest absolute Gasteiger partial charge is 0.496 e. The van der Waals surface area contributed by atoms with Crippen molar-refractivity contribution in [2.24, 2.45) is 0 Å². The number of aromatic nitrogens is 4. The number of rotatable bonds is 5. The van der Waals surface area contributed by atoms with E-state index >= 15 is 0 Å². The summed E-state index contributed by atoms with van der Waals surface area (Å²) in [4.78, 5) is 15.3. The highest BCUT2D eigenvalue weighted by atomic mass is 16.5. The first-order valence-corrected chi connectivity index (χ1v) is 9.61. The maximum absolute atomic E-state index is 5.43. The fourth-order valence-corrected chi connectivity index (χ4v) is 3.81. The summed E-state index contributed by atoms with van der Waals surface area (Å²) in [7, 11) is 1.72. The van der Waals surface area contributed by atoms with Gasteiger partial charge in [-0.25, -0.2) is 4.98 Å². The normalized spacial score (nSPS) is 17.6. The molecule has 1 atom stereocenters. The van der Waals surface area contributed by atoms with Gasteiger partial charge in [-0.3, -0.25) is 9.88 Å². The Morgan fingerprint density at radius 1 is 1.21 bits per heavy atom. The minimum atomic E-state index is 0.266. The van der Waals surface area contributed by atoms with Crippen LogP contribution in [0.1, 0.15) is 41.3 Å². The Kier molecular flexibility index (Phi) is 5.34. The summed E-state index contributed by atoms with van der Waals surface area (Å²) in [6, 6.07) is 4.23. The van der Waals surface area contributed by atoms with Crippen molar-refractivity contribution in [1.29, 1.82) is 0 Å². The minimum absolute atomic E-state index is 0.266.